The Balaban J connectivity index is 2.23. The Morgan fingerprint density at radius 3 is 2.26 bits per heavy atom. The number of likely N-dealkylation sites (N-methyl/N-ethyl adjacent to an activating group) is 1. The van der Waals surface area contributed by atoms with Gasteiger partial charge < -0.3 is 20.4 Å². The van der Waals surface area contributed by atoms with Gasteiger partial charge in [0.25, 0.3) is 0 Å². The molecule has 0 saturated carbocycles. The summed E-state index contributed by atoms with van der Waals surface area (Å²) in [6.45, 7) is 7.69. The second-order valence-corrected chi connectivity index (χ2v) is 4.72. The molecule has 0 fully saturated rings. The lowest BCUT2D eigenvalue weighted by molar-refractivity contribution is 0.109. The highest BCUT2D eigenvalue weighted by Gasteiger charge is 2.10. The van der Waals surface area contributed by atoms with Crippen LogP contribution >= 0.6 is 0 Å². The van der Waals surface area contributed by atoms with Crippen LogP contribution in [-0.4, -0.2) is 53.9 Å². The predicted molar refractivity (Wildman–Crippen MR) is 78.1 cm³/mol. The number of aliphatic hydroxyl groups excluding tert-OH is 2. The van der Waals surface area contributed by atoms with E-state index in [1.54, 1.807) is 0 Å². The molecule has 0 bridgehead atoms. The van der Waals surface area contributed by atoms with Gasteiger partial charge in [-0.3, -0.25) is 0 Å². The minimum absolute atomic E-state index is 0.400. The van der Waals surface area contributed by atoms with E-state index in [1.807, 2.05) is 30.3 Å². The van der Waals surface area contributed by atoms with Crippen LogP contribution in [-0.2, 0) is 0 Å². The molecule has 1 aromatic carbocycles. The van der Waals surface area contributed by atoms with E-state index >= 15 is 0 Å². The average Bonchev–Trinajstić information content (AvgIpc) is 2.45. The molecule has 0 heterocycles. The van der Waals surface area contributed by atoms with Crippen molar-refractivity contribution in [2.75, 3.05) is 32.7 Å². The highest BCUT2D eigenvalue weighted by molar-refractivity contribution is 5.17. The summed E-state index contributed by atoms with van der Waals surface area (Å²) in [4.78, 5) is 2.18. The molecule has 4 heteroatoms. The summed E-state index contributed by atoms with van der Waals surface area (Å²) in [7, 11) is 0. The van der Waals surface area contributed by atoms with Crippen LogP contribution < -0.4 is 5.32 Å². The van der Waals surface area contributed by atoms with Crippen molar-refractivity contribution in [3.05, 3.63) is 35.9 Å². The number of nitrogens with one attached hydrogen (secondary N) is 1. The first-order valence-corrected chi connectivity index (χ1v) is 7.01. The number of nitrogens with zero attached hydrogens (tertiary/aromatic N) is 1. The molecule has 0 aromatic heterocycles. The monoisotopic (exact) mass is 266 g/mol. The third-order valence-electron chi connectivity index (χ3n) is 3.27. The lowest BCUT2D eigenvalue weighted by Gasteiger charge is -2.22. The summed E-state index contributed by atoms with van der Waals surface area (Å²) in [5.74, 6) is 0. The molecule has 0 spiro atoms. The van der Waals surface area contributed by atoms with Crippen molar-refractivity contribution in [2.45, 2.75) is 26.1 Å². The molecule has 3 N–H and O–H groups in total. The van der Waals surface area contributed by atoms with Gasteiger partial charge in [-0.05, 0) is 18.7 Å². The average molecular weight is 266 g/mol. The molecule has 0 saturated heterocycles. The third-order valence-corrected chi connectivity index (χ3v) is 3.27. The second kappa shape index (κ2) is 9.04. The molecule has 0 radical (unpaired) electrons. The fraction of sp³-hybridized carbons (Fsp3) is 0.600. The first-order valence-electron chi connectivity index (χ1n) is 7.01. The summed E-state index contributed by atoms with van der Waals surface area (Å²) in [5.41, 5.74) is 0.897. The Labute approximate surface area is 116 Å². The van der Waals surface area contributed by atoms with Crippen LogP contribution in [0.3, 0.4) is 0 Å². The molecule has 1 rings (SSSR count). The van der Waals surface area contributed by atoms with Crippen LogP contribution in [0.5, 0.6) is 0 Å². The molecular weight excluding hydrogens is 240 g/mol. The number of hydrogen-bond donors (Lipinski definition) is 3. The van der Waals surface area contributed by atoms with E-state index in [2.05, 4.69) is 24.1 Å². The van der Waals surface area contributed by atoms with Crippen molar-refractivity contribution >= 4 is 0 Å². The number of hydrogen-bond acceptors (Lipinski definition) is 4. The van der Waals surface area contributed by atoms with Crippen molar-refractivity contribution in [3.63, 3.8) is 0 Å². The van der Waals surface area contributed by atoms with Crippen LogP contribution in [0.15, 0.2) is 30.3 Å². The Morgan fingerprint density at radius 1 is 1.05 bits per heavy atom. The van der Waals surface area contributed by atoms with Gasteiger partial charge in [-0.1, -0.05) is 44.2 Å². The molecule has 0 aliphatic rings. The van der Waals surface area contributed by atoms with Gasteiger partial charge >= 0.3 is 0 Å². The number of rotatable bonds is 9. The first kappa shape index (κ1) is 16.1. The van der Waals surface area contributed by atoms with E-state index in [4.69, 9.17) is 0 Å². The minimum Gasteiger partial charge on any atom is -0.390 e. The smallest absolute Gasteiger partial charge is 0.0914 e. The van der Waals surface area contributed by atoms with E-state index < -0.39 is 12.2 Å². The topological polar surface area (TPSA) is 55.7 Å². The fourth-order valence-electron chi connectivity index (χ4n) is 2.02. The fourth-order valence-corrected chi connectivity index (χ4v) is 2.02. The molecule has 2 atom stereocenters. The summed E-state index contributed by atoms with van der Waals surface area (Å²) in [6, 6.07) is 9.55. The van der Waals surface area contributed by atoms with Crippen molar-refractivity contribution in [2.24, 2.45) is 0 Å². The largest absolute Gasteiger partial charge is 0.390 e. The molecule has 4 nitrogen and oxygen atoms in total. The van der Waals surface area contributed by atoms with Crippen molar-refractivity contribution in [1.29, 1.82) is 0 Å². The van der Waals surface area contributed by atoms with E-state index in [0.29, 0.717) is 19.6 Å². The Bertz CT molecular complexity index is 328. The number of benzene rings is 1. The van der Waals surface area contributed by atoms with E-state index in [9.17, 15) is 10.2 Å². The lowest BCUT2D eigenvalue weighted by Crippen LogP contribution is -2.39. The first-order chi connectivity index (χ1) is 9.17. The molecule has 108 valence electrons. The van der Waals surface area contributed by atoms with Gasteiger partial charge in [-0.15, -0.1) is 0 Å². The molecule has 19 heavy (non-hydrogen) atoms. The Morgan fingerprint density at radius 2 is 1.68 bits per heavy atom. The normalized spacial score (nSPS) is 14.6. The van der Waals surface area contributed by atoms with Crippen LogP contribution in [0.4, 0.5) is 0 Å². The summed E-state index contributed by atoms with van der Waals surface area (Å²) in [5, 5.41) is 22.9. The van der Waals surface area contributed by atoms with Crippen molar-refractivity contribution in [1.82, 2.24) is 10.2 Å². The molecule has 0 aliphatic carbocycles. The molecule has 2 unspecified atom stereocenters. The molecular formula is C15H26N2O2. The van der Waals surface area contributed by atoms with E-state index in [-0.39, 0.29) is 0 Å². The SMILES string of the molecule is CCN(CC)CC(O)CNCC(O)c1ccccc1. The zero-order chi connectivity index (χ0) is 14.1. The van der Waals surface area contributed by atoms with Gasteiger partial charge in [-0.25, -0.2) is 0 Å². The highest BCUT2D eigenvalue weighted by Crippen LogP contribution is 2.10. The summed E-state index contributed by atoms with van der Waals surface area (Å²) >= 11 is 0. The van der Waals surface area contributed by atoms with Crippen LogP contribution in [0.2, 0.25) is 0 Å². The van der Waals surface area contributed by atoms with Crippen molar-refractivity contribution < 1.29 is 10.2 Å². The quantitative estimate of drug-likeness (QED) is 0.624. The Kier molecular flexibility index (Phi) is 7.67. The maximum atomic E-state index is 9.95. The van der Waals surface area contributed by atoms with Crippen molar-refractivity contribution in [3.8, 4) is 0 Å². The van der Waals surface area contributed by atoms with E-state index in [1.165, 1.54) is 0 Å². The van der Waals surface area contributed by atoms with Gasteiger partial charge in [0.2, 0.25) is 0 Å². The maximum absolute atomic E-state index is 9.95. The number of aliphatic hydroxyl groups is 2. The van der Waals surface area contributed by atoms with Gasteiger partial charge in [0.15, 0.2) is 0 Å². The molecule has 1 aromatic rings. The standard InChI is InChI=1S/C15H26N2O2/c1-3-17(4-2)12-14(18)10-16-11-15(19)13-8-6-5-7-9-13/h5-9,14-16,18-19H,3-4,10-12H2,1-2H3. The summed E-state index contributed by atoms with van der Waals surface area (Å²) in [6.07, 6.45) is -0.926. The van der Waals surface area contributed by atoms with Crippen LogP contribution in [0.1, 0.15) is 25.5 Å². The second-order valence-electron chi connectivity index (χ2n) is 4.72. The van der Waals surface area contributed by atoms with Gasteiger partial charge in [0.05, 0.1) is 12.2 Å². The van der Waals surface area contributed by atoms with Crippen LogP contribution in [0, 0.1) is 0 Å². The predicted octanol–water partition coefficient (Wildman–Crippen LogP) is 1.01. The van der Waals surface area contributed by atoms with Gasteiger partial charge in [0.1, 0.15) is 0 Å². The van der Waals surface area contributed by atoms with Gasteiger partial charge in [-0.2, -0.15) is 0 Å². The lowest BCUT2D eigenvalue weighted by atomic mass is 10.1. The highest BCUT2D eigenvalue weighted by atomic mass is 16.3. The Hall–Kier alpha value is -0.940. The molecule has 0 aliphatic heterocycles. The zero-order valence-corrected chi connectivity index (χ0v) is 11.9. The minimum atomic E-state index is -0.526. The van der Waals surface area contributed by atoms with Gasteiger partial charge in [0, 0.05) is 19.6 Å². The molecule has 0 amide bonds. The summed E-state index contributed by atoms with van der Waals surface area (Å²) < 4.78 is 0. The maximum Gasteiger partial charge on any atom is 0.0914 e. The van der Waals surface area contributed by atoms with E-state index in [0.717, 1.165) is 18.7 Å². The van der Waals surface area contributed by atoms with Crippen LogP contribution in [0.25, 0.3) is 0 Å². The third kappa shape index (κ3) is 6.16. The zero-order valence-electron chi connectivity index (χ0n) is 11.9.